The molecule has 0 heterocycles. The second kappa shape index (κ2) is 4.90. The lowest BCUT2D eigenvalue weighted by molar-refractivity contribution is 0.104. The molecule has 4 heteroatoms. The van der Waals surface area contributed by atoms with E-state index in [1.54, 1.807) is 55.5 Å². The van der Waals surface area contributed by atoms with Crippen LogP contribution in [0.2, 0.25) is 0 Å². The molecular formula is C17H14N2O2. The van der Waals surface area contributed by atoms with Gasteiger partial charge in [0, 0.05) is 16.8 Å². The Balaban J connectivity index is 2.03. The van der Waals surface area contributed by atoms with Gasteiger partial charge >= 0.3 is 0 Å². The molecule has 0 aliphatic heterocycles. The number of aliphatic hydroxyl groups is 1. The van der Waals surface area contributed by atoms with Gasteiger partial charge in [-0.05, 0) is 31.2 Å². The minimum Gasteiger partial charge on any atom is -0.506 e. The highest BCUT2D eigenvalue weighted by Gasteiger charge is 2.30. The van der Waals surface area contributed by atoms with Crippen molar-refractivity contribution in [2.45, 2.75) is 6.92 Å². The number of hydrogen-bond donors (Lipinski definition) is 2. The number of benzene rings is 2. The lowest BCUT2D eigenvalue weighted by Gasteiger charge is -2.02. The predicted molar refractivity (Wildman–Crippen MR) is 83.9 cm³/mol. The maximum Gasteiger partial charge on any atom is 0.199 e. The van der Waals surface area contributed by atoms with E-state index in [4.69, 9.17) is 5.73 Å². The molecule has 3 N–H and O–H groups in total. The van der Waals surface area contributed by atoms with E-state index in [9.17, 15) is 9.90 Å². The van der Waals surface area contributed by atoms with E-state index < -0.39 is 0 Å². The van der Waals surface area contributed by atoms with Crippen LogP contribution in [0, 0.1) is 0 Å². The summed E-state index contributed by atoms with van der Waals surface area (Å²) in [5.74, 6) is -0.202. The SMILES string of the molecule is CC(=Nc1ccc(N)cc1)C1=C(O)c2ccccc2C1=O. The number of allylic oxidation sites excluding steroid dienone is 1. The first-order valence-electron chi connectivity index (χ1n) is 6.56. The monoisotopic (exact) mass is 278 g/mol. The molecule has 0 radical (unpaired) electrons. The molecule has 0 unspecified atom stereocenters. The van der Waals surface area contributed by atoms with E-state index in [2.05, 4.69) is 4.99 Å². The van der Waals surface area contributed by atoms with Gasteiger partial charge in [0.05, 0.1) is 17.0 Å². The largest absolute Gasteiger partial charge is 0.506 e. The number of rotatable bonds is 2. The maximum atomic E-state index is 12.4. The number of carbonyl (C=O) groups excluding carboxylic acids is 1. The number of nitrogens with two attached hydrogens (primary N) is 1. The molecule has 2 aromatic rings. The van der Waals surface area contributed by atoms with Crippen molar-refractivity contribution in [1.29, 1.82) is 0 Å². The van der Waals surface area contributed by atoms with Gasteiger partial charge in [-0.2, -0.15) is 0 Å². The van der Waals surface area contributed by atoms with Gasteiger partial charge in [-0.15, -0.1) is 0 Å². The Kier molecular flexibility index (Phi) is 3.06. The number of nitrogen functional groups attached to an aromatic ring is 1. The number of aliphatic imine (C=N–C) groups is 1. The van der Waals surface area contributed by atoms with Crippen molar-refractivity contribution >= 4 is 28.6 Å². The van der Waals surface area contributed by atoms with Crippen LogP contribution >= 0.6 is 0 Å². The zero-order valence-corrected chi connectivity index (χ0v) is 11.5. The average Bonchev–Trinajstić information content (AvgIpc) is 2.74. The number of carbonyl (C=O) groups is 1. The fourth-order valence-corrected chi connectivity index (χ4v) is 2.40. The van der Waals surface area contributed by atoms with E-state index >= 15 is 0 Å². The van der Waals surface area contributed by atoms with Crippen molar-refractivity contribution < 1.29 is 9.90 Å². The third-order valence-corrected chi connectivity index (χ3v) is 3.44. The summed E-state index contributed by atoms with van der Waals surface area (Å²) in [7, 11) is 0. The van der Waals surface area contributed by atoms with Gasteiger partial charge in [-0.25, -0.2) is 0 Å². The molecule has 0 amide bonds. The molecule has 2 aromatic carbocycles. The van der Waals surface area contributed by atoms with Crippen molar-refractivity contribution in [1.82, 2.24) is 0 Å². The highest BCUT2D eigenvalue weighted by atomic mass is 16.3. The van der Waals surface area contributed by atoms with Crippen LogP contribution in [0.1, 0.15) is 22.8 Å². The van der Waals surface area contributed by atoms with Crippen LogP contribution in [-0.4, -0.2) is 16.6 Å². The van der Waals surface area contributed by atoms with Crippen LogP contribution in [0.15, 0.2) is 59.1 Å². The number of Topliss-reactive ketones (excluding diaryl/α,β-unsaturated/α-hetero) is 1. The summed E-state index contributed by atoms with van der Waals surface area (Å²) >= 11 is 0. The van der Waals surface area contributed by atoms with Gasteiger partial charge in [0.2, 0.25) is 0 Å². The summed E-state index contributed by atoms with van der Waals surface area (Å²) in [5, 5.41) is 10.3. The van der Waals surface area contributed by atoms with Gasteiger partial charge in [-0.3, -0.25) is 9.79 Å². The number of hydrogen-bond acceptors (Lipinski definition) is 4. The zero-order valence-electron chi connectivity index (χ0n) is 11.5. The summed E-state index contributed by atoms with van der Waals surface area (Å²) in [6, 6.07) is 14.0. The summed E-state index contributed by atoms with van der Waals surface area (Å²) in [6.45, 7) is 1.71. The van der Waals surface area contributed by atoms with Gasteiger partial charge in [0.1, 0.15) is 5.76 Å². The molecular weight excluding hydrogens is 264 g/mol. The smallest absolute Gasteiger partial charge is 0.199 e. The molecule has 0 aromatic heterocycles. The van der Waals surface area contributed by atoms with Crippen LogP contribution in [0.3, 0.4) is 0 Å². The zero-order chi connectivity index (χ0) is 15.0. The van der Waals surface area contributed by atoms with E-state index in [1.807, 2.05) is 0 Å². The fourth-order valence-electron chi connectivity index (χ4n) is 2.40. The molecule has 0 saturated carbocycles. The average molecular weight is 278 g/mol. The van der Waals surface area contributed by atoms with Crippen molar-refractivity contribution in [3.05, 3.63) is 65.2 Å². The molecule has 1 aliphatic carbocycles. The van der Waals surface area contributed by atoms with Crippen LogP contribution in [0.4, 0.5) is 11.4 Å². The quantitative estimate of drug-likeness (QED) is 0.651. The molecule has 0 spiro atoms. The van der Waals surface area contributed by atoms with Gasteiger partial charge in [0.25, 0.3) is 0 Å². The first-order valence-corrected chi connectivity index (χ1v) is 6.56. The highest BCUT2D eigenvalue weighted by molar-refractivity contribution is 6.35. The standard InChI is InChI=1S/C17H14N2O2/c1-10(19-12-8-6-11(18)7-9-12)15-16(20)13-4-2-3-5-14(13)17(15)21/h2-9,20H,18H2,1H3. The predicted octanol–water partition coefficient (Wildman–Crippen LogP) is 3.53. The van der Waals surface area contributed by atoms with Crippen LogP contribution in [-0.2, 0) is 0 Å². The van der Waals surface area contributed by atoms with Crippen molar-refractivity contribution in [3.63, 3.8) is 0 Å². The Hall–Kier alpha value is -2.88. The Morgan fingerprint density at radius 1 is 1.05 bits per heavy atom. The van der Waals surface area contributed by atoms with E-state index in [1.165, 1.54) is 0 Å². The molecule has 0 fully saturated rings. The van der Waals surface area contributed by atoms with E-state index in [0.29, 0.717) is 28.2 Å². The summed E-state index contributed by atoms with van der Waals surface area (Å²) in [5.41, 5.74) is 8.78. The third kappa shape index (κ3) is 2.21. The molecule has 104 valence electrons. The topological polar surface area (TPSA) is 75.7 Å². The third-order valence-electron chi connectivity index (χ3n) is 3.44. The summed E-state index contributed by atoms with van der Waals surface area (Å²) in [6.07, 6.45) is 0. The first kappa shape index (κ1) is 13.1. The van der Waals surface area contributed by atoms with Crippen molar-refractivity contribution in [2.24, 2.45) is 4.99 Å². The number of aliphatic hydroxyl groups excluding tert-OH is 1. The number of nitrogens with zero attached hydrogens (tertiary/aromatic N) is 1. The molecule has 1 aliphatic rings. The van der Waals surface area contributed by atoms with Crippen LogP contribution < -0.4 is 5.73 Å². The van der Waals surface area contributed by atoms with E-state index in [0.717, 1.165) is 0 Å². The second-order valence-corrected chi connectivity index (χ2v) is 4.89. The number of anilines is 1. The number of fused-ring (bicyclic) bond motifs is 1. The number of ketones is 1. The van der Waals surface area contributed by atoms with E-state index in [-0.39, 0.29) is 17.1 Å². The fraction of sp³-hybridized carbons (Fsp3) is 0.0588. The Bertz CT molecular complexity index is 787. The molecule has 0 atom stereocenters. The molecule has 0 saturated heterocycles. The van der Waals surface area contributed by atoms with Crippen molar-refractivity contribution in [3.8, 4) is 0 Å². The summed E-state index contributed by atoms with van der Waals surface area (Å²) in [4.78, 5) is 16.8. The van der Waals surface area contributed by atoms with Crippen LogP contribution in [0.5, 0.6) is 0 Å². The van der Waals surface area contributed by atoms with Gasteiger partial charge in [0.15, 0.2) is 5.78 Å². The minimum absolute atomic E-state index is 0.00713. The Morgan fingerprint density at radius 2 is 1.67 bits per heavy atom. The summed E-state index contributed by atoms with van der Waals surface area (Å²) < 4.78 is 0. The lowest BCUT2D eigenvalue weighted by Crippen LogP contribution is -2.07. The maximum absolute atomic E-state index is 12.4. The Morgan fingerprint density at radius 3 is 2.29 bits per heavy atom. The second-order valence-electron chi connectivity index (χ2n) is 4.89. The highest BCUT2D eigenvalue weighted by Crippen LogP contribution is 2.32. The Labute approximate surface area is 122 Å². The molecule has 4 nitrogen and oxygen atoms in total. The lowest BCUT2D eigenvalue weighted by atomic mass is 10.1. The van der Waals surface area contributed by atoms with Gasteiger partial charge in [-0.1, -0.05) is 24.3 Å². The first-order chi connectivity index (χ1) is 10.1. The molecule has 21 heavy (non-hydrogen) atoms. The molecule has 0 bridgehead atoms. The molecule has 3 rings (SSSR count). The normalized spacial score (nSPS) is 14.5. The van der Waals surface area contributed by atoms with Crippen LogP contribution in [0.25, 0.3) is 5.76 Å². The van der Waals surface area contributed by atoms with Crippen molar-refractivity contribution in [2.75, 3.05) is 5.73 Å². The minimum atomic E-state index is -0.195. The van der Waals surface area contributed by atoms with Gasteiger partial charge < -0.3 is 10.8 Å².